The number of benzene rings is 1. The molecule has 0 saturated heterocycles. The zero-order valence-corrected chi connectivity index (χ0v) is 12.6. The molecule has 2 aromatic rings. The summed E-state index contributed by atoms with van der Waals surface area (Å²) >= 11 is 0. The van der Waals surface area contributed by atoms with Crippen molar-refractivity contribution in [2.45, 2.75) is 39.3 Å². The largest absolute Gasteiger partial charge is 0.497 e. The molecule has 0 saturated carbocycles. The summed E-state index contributed by atoms with van der Waals surface area (Å²) in [5, 5.41) is 3.62. The van der Waals surface area contributed by atoms with Crippen LogP contribution in [0.1, 0.15) is 49.4 Å². The van der Waals surface area contributed by atoms with Crippen molar-refractivity contribution in [2.24, 2.45) is 0 Å². The summed E-state index contributed by atoms with van der Waals surface area (Å²) in [7, 11) is 1.69. The Balaban J connectivity index is 2.07. The van der Waals surface area contributed by atoms with E-state index in [-0.39, 0.29) is 6.04 Å². The van der Waals surface area contributed by atoms with Gasteiger partial charge in [0.15, 0.2) is 0 Å². The number of furan rings is 1. The van der Waals surface area contributed by atoms with Crippen molar-refractivity contribution in [3.8, 4) is 5.75 Å². The quantitative estimate of drug-likeness (QED) is 0.847. The molecular formula is C17H23NO2. The highest BCUT2D eigenvalue weighted by molar-refractivity contribution is 5.29. The van der Waals surface area contributed by atoms with Gasteiger partial charge in [-0.2, -0.15) is 0 Å². The van der Waals surface area contributed by atoms with Crippen LogP contribution in [0.15, 0.2) is 40.8 Å². The molecule has 1 heterocycles. The van der Waals surface area contributed by atoms with Gasteiger partial charge in [-0.25, -0.2) is 0 Å². The van der Waals surface area contributed by atoms with Crippen LogP contribution in [0.2, 0.25) is 0 Å². The summed E-state index contributed by atoms with van der Waals surface area (Å²) < 4.78 is 10.9. The van der Waals surface area contributed by atoms with E-state index in [1.54, 1.807) is 7.11 Å². The second-order valence-electron chi connectivity index (χ2n) is 5.07. The number of aryl methyl sites for hydroxylation is 1. The van der Waals surface area contributed by atoms with Crippen LogP contribution in [0.5, 0.6) is 5.75 Å². The first kappa shape index (κ1) is 14.7. The molecule has 2 atom stereocenters. The molecule has 0 bridgehead atoms. The number of hydrogen-bond donors (Lipinski definition) is 1. The summed E-state index contributed by atoms with van der Waals surface area (Å²) in [6.45, 7) is 6.28. The Morgan fingerprint density at radius 2 is 1.85 bits per heavy atom. The minimum absolute atomic E-state index is 0.191. The lowest BCUT2D eigenvalue weighted by atomic mass is 10.0. The topological polar surface area (TPSA) is 34.4 Å². The van der Waals surface area contributed by atoms with Gasteiger partial charge in [0.2, 0.25) is 0 Å². The van der Waals surface area contributed by atoms with Gasteiger partial charge in [0.05, 0.1) is 13.2 Å². The first-order valence-corrected chi connectivity index (χ1v) is 7.10. The zero-order valence-electron chi connectivity index (χ0n) is 12.6. The zero-order chi connectivity index (χ0) is 14.5. The lowest BCUT2D eigenvalue weighted by Gasteiger charge is -2.21. The van der Waals surface area contributed by atoms with Crippen molar-refractivity contribution in [2.75, 3.05) is 7.11 Å². The van der Waals surface area contributed by atoms with Gasteiger partial charge in [0.1, 0.15) is 17.3 Å². The Bertz CT molecular complexity index is 530. The maximum Gasteiger partial charge on any atom is 0.120 e. The highest BCUT2D eigenvalue weighted by atomic mass is 16.5. The second kappa shape index (κ2) is 6.62. The van der Waals surface area contributed by atoms with Crippen LogP contribution in [0, 0.1) is 6.92 Å². The molecule has 3 nitrogen and oxygen atoms in total. The second-order valence-corrected chi connectivity index (χ2v) is 5.07. The van der Waals surface area contributed by atoms with E-state index in [0.717, 1.165) is 23.7 Å². The molecule has 1 aromatic heterocycles. The van der Waals surface area contributed by atoms with Gasteiger partial charge in [-0.15, -0.1) is 0 Å². The Morgan fingerprint density at radius 3 is 2.35 bits per heavy atom. The van der Waals surface area contributed by atoms with Crippen LogP contribution in [0.4, 0.5) is 0 Å². The molecule has 0 amide bonds. The summed E-state index contributed by atoms with van der Waals surface area (Å²) in [6, 6.07) is 12.8. The number of ether oxygens (including phenoxy) is 1. The first-order valence-electron chi connectivity index (χ1n) is 7.10. The molecule has 1 N–H and O–H groups in total. The smallest absolute Gasteiger partial charge is 0.120 e. The Labute approximate surface area is 121 Å². The SMILES string of the molecule is CCC(NC(C)c1ccc(C)o1)c1ccc(OC)cc1. The molecule has 2 unspecified atom stereocenters. The van der Waals surface area contributed by atoms with Gasteiger partial charge >= 0.3 is 0 Å². The van der Waals surface area contributed by atoms with E-state index in [9.17, 15) is 0 Å². The molecule has 2 rings (SSSR count). The Morgan fingerprint density at radius 1 is 1.15 bits per heavy atom. The third-order valence-corrected chi connectivity index (χ3v) is 3.57. The lowest BCUT2D eigenvalue weighted by molar-refractivity contribution is 0.378. The summed E-state index contributed by atoms with van der Waals surface area (Å²) in [6.07, 6.45) is 1.02. The fraction of sp³-hybridized carbons (Fsp3) is 0.412. The van der Waals surface area contributed by atoms with Crippen molar-refractivity contribution >= 4 is 0 Å². The average Bonchev–Trinajstić information content (AvgIpc) is 2.91. The standard InChI is InChI=1S/C17H23NO2/c1-5-16(14-7-9-15(19-4)10-8-14)18-13(3)17-11-6-12(2)20-17/h6-11,13,16,18H,5H2,1-4H3. The Kier molecular flexibility index (Phi) is 4.85. The van der Waals surface area contributed by atoms with Crippen LogP contribution in [0.25, 0.3) is 0 Å². The summed E-state index contributed by atoms with van der Waals surface area (Å²) in [5.74, 6) is 2.82. The predicted octanol–water partition coefficient (Wildman–Crippen LogP) is 4.40. The lowest BCUT2D eigenvalue weighted by Crippen LogP contribution is -2.23. The summed E-state index contributed by atoms with van der Waals surface area (Å²) in [5.41, 5.74) is 1.27. The third-order valence-electron chi connectivity index (χ3n) is 3.57. The van der Waals surface area contributed by atoms with E-state index in [1.165, 1.54) is 5.56 Å². The van der Waals surface area contributed by atoms with E-state index in [2.05, 4.69) is 31.3 Å². The highest BCUT2D eigenvalue weighted by Crippen LogP contribution is 2.24. The maximum atomic E-state index is 5.68. The van der Waals surface area contributed by atoms with E-state index >= 15 is 0 Å². The molecule has 1 aromatic carbocycles. The molecule has 3 heteroatoms. The minimum Gasteiger partial charge on any atom is -0.497 e. The fourth-order valence-electron chi connectivity index (χ4n) is 2.36. The first-order chi connectivity index (χ1) is 9.63. The van der Waals surface area contributed by atoms with Crippen molar-refractivity contribution in [3.63, 3.8) is 0 Å². The number of hydrogen-bond acceptors (Lipinski definition) is 3. The van der Waals surface area contributed by atoms with Crippen LogP contribution >= 0.6 is 0 Å². The highest BCUT2D eigenvalue weighted by Gasteiger charge is 2.16. The molecule has 0 fully saturated rings. The van der Waals surface area contributed by atoms with Crippen LogP contribution in [-0.4, -0.2) is 7.11 Å². The molecular weight excluding hydrogens is 250 g/mol. The van der Waals surface area contributed by atoms with Crippen LogP contribution < -0.4 is 10.1 Å². The van der Waals surface area contributed by atoms with E-state index < -0.39 is 0 Å². The predicted molar refractivity (Wildman–Crippen MR) is 81.0 cm³/mol. The van der Waals surface area contributed by atoms with E-state index in [4.69, 9.17) is 9.15 Å². The van der Waals surface area contributed by atoms with Gasteiger partial charge in [0, 0.05) is 6.04 Å². The minimum atomic E-state index is 0.191. The normalized spacial score (nSPS) is 14.0. The van der Waals surface area contributed by atoms with Gasteiger partial charge in [-0.05, 0) is 50.1 Å². The van der Waals surface area contributed by atoms with Crippen molar-refractivity contribution < 1.29 is 9.15 Å². The fourth-order valence-corrected chi connectivity index (χ4v) is 2.36. The molecule has 20 heavy (non-hydrogen) atoms. The molecule has 0 aliphatic rings. The van der Waals surface area contributed by atoms with Crippen molar-refractivity contribution in [3.05, 3.63) is 53.5 Å². The van der Waals surface area contributed by atoms with Crippen molar-refractivity contribution in [1.29, 1.82) is 0 Å². The van der Waals surface area contributed by atoms with Gasteiger partial charge < -0.3 is 14.5 Å². The molecule has 0 spiro atoms. The maximum absolute atomic E-state index is 5.68. The number of methoxy groups -OCH3 is 1. The third kappa shape index (κ3) is 3.42. The number of nitrogens with one attached hydrogen (secondary N) is 1. The van der Waals surface area contributed by atoms with Gasteiger partial charge in [-0.1, -0.05) is 19.1 Å². The van der Waals surface area contributed by atoms with E-state index in [1.807, 2.05) is 31.2 Å². The van der Waals surface area contributed by atoms with Crippen molar-refractivity contribution in [1.82, 2.24) is 5.32 Å². The molecule has 0 aliphatic heterocycles. The molecule has 108 valence electrons. The summed E-state index contributed by atoms with van der Waals surface area (Å²) in [4.78, 5) is 0. The van der Waals surface area contributed by atoms with Gasteiger partial charge in [-0.3, -0.25) is 0 Å². The molecule has 0 aliphatic carbocycles. The number of rotatable bonds is 6. The van der Waals surface area contributed by atoms with Gasteiger partial charge in [0.25, 0.3) is 0 Å². The Hall–Kier alpha value is -1.74. The van der Waals surface area contributed by atoms with Crippen LogP contribution in [0.3, 0.4) is 0 Å². The van der Waals surface area contributed by atoms with Crippen LogP contribution in [-0.2, 0) is 0 Å². The average molecular weight is 273 g/mol. The monoisotopic (exact) mass is 273 g/mol. The molecule has 0 radical (unpaired) electrons. The van der Waals surface area contributed by atoms with E-state index in [0.29, 0.717) is 6.04 Å².